The molecule has 7 heteroatoms. The first kappa shape index (κ1) is 29.1. The molecule has 0 unspecified atom stereocenters. The molecule has 0 N–H and O–H groups in total. The summed E-state index contributed by atoms with van der Waals surface area (Å²) in [7, 11) is 0. The Labute approximate surface area is 250 Å². The fourth-order valence-corrected chi connectivity index (χ4v) is 5.21. The van der Waals surface area contributed by atoms with E-state index in [1.807, 2.05) is 30.3 Å². The van der Waals surface area contributed by atoms with Gasteiger partial charge in [0.15, 0.2) is 6.10 Å². The van der Waals surface area contributed by atoms with Crippen LogP contribution in [0.5, 0.6) is 11.5 Å². The second kappa shape index (κ2) is 12.2. The highest BCUT2D eigenvalue weighted by Gasteiger charge is 2.37. The molecule has 0 saturated carbocycles. The average Bonchev–Trinajstić information content (AvgIpc) is 3.40. The molecule has 1 amide bonds. The monoisotopic (exact) mass is 581 g/mol. The van der Waals surface area contributed by atoms with Crippen molar-refractivity contribution in [3.8, 4) is 11.5 Å². The third kappa shape index (κ3) is 6.39. The van der Waals surface area contributed by atoms with E-state index in [0.29, 0.717) is 27.8 Å². The van der Waals surface area contributed by atoms with Crippen molar-refractivity contribution in [3.63, 3.8) is 0 Å². The van der Waals surface area contributed by atoms with E-state index in [-0.39, 0.29) is 30.1 Å². The smallest absolute Gasteiger partial charge is 0.312 e. The minimum absolute atomic E-state index is 0.0185. The fourth-order valence-electron chi connectivity index (χ4n) is 5.08. The van der Waals surface area contributed by atoms with Crippen LogP contribution in [0, 0.1) is 5.92 Å². The van der Waals surface area contributed by atoms with Crippen molar-refractivity contribution < 1.29 is 23.9 Å². The molecule has 0 radical (unpaired) electrons. The number of halogens is 1. The Morgan fingerprint density at radius 1 is 0.833 bits per heavy atom. The molecular weight excluding hydrogens is 550 g/mol. The van der Waals surface area contributed by atoms with E-state index in [9.17, 15) is 14.4 Å². The van der Waals surface area contributed by atoms with Gasteiger partial charge in [0.1, 0.15) is 11.5 Å². The Bertz CT molecular complexity index is 1560. The molecule has 1 aliphatic heterocycles. The van der Waals surface area contributed by atoms with E-state index in [1.54, 1.807) is 53.4 Å². The van der Waals surface area contributed by atoms with Crippen LogP contribution in [-0.4, -0.2) is 30.3 Å². The molecule has 42 heavy (non-hydrogen) atoms. The normalized spacial score (nSPS) is 15.8. The third-order valence-electron chi connectivity index (χ3n) is 7.70. The molecule has 4 aromatic rings. The fraction of sp³-hybridized carbons (Fsp3) is 0.229. The highest BCUT2D eigenvalue weighted by Crippen LogP contribution is 2.34. The van der Waals surface area contributed by atoms with Crippen molar-refractivity contribution >= 4 is 34.9 Å². The molecule has 6 nitrogen and oxygen atoms in total. The maximum absolute atomic E-state index is 12.8. The molecule has 0 bridgehead atoms. The summed E-state index contributed by atoms with van der Waals surface area (Å²) >= 11 is 5.89. The SMILES string of the molecule is C[C@H](OC(=O)[C@H]1CC(=O)N(c2ccc(Oc3ccc(C(C)(C)c4ccccc4)cc3)cc2)C1)C(=O)c1ccc(Cl)cc1. The number of esters is 1. The van der Waals surface area contributed by atoms with Gasteiger partial charge in [0, 0.05) is 34.7 Å². The number of ketones is 1. The van der Waals surface area contributed by atoms with Gasteiger partial charge in [-0.15, -0.1) is 0 Å². The maximum atomic E-state index is 12.8. The van der Waals surface area contributed by atoms with Gasteiger partial charge in [-0.3, -0.25) is 14.4 Å². The molecule has 0 aliphatic carbocycles. The zero-order valence-corrected chi connectivity index (χ0v) is 24.5. The van der Waals surface area contributed by atoms with Crippen LogP contribution < -0.4 is 9.64 Å². The number of Topliss-reactive ketones (excluding diaryl/α,β-unsaturated/α-hetero) is 1. The molecule has 5 rings (SSSR count). The summed E-state index contributed by atoms with van der Waals surface area (Å²) in [6, 6.07) is 32.0. The summed E-state index contributed by atoms with van der Waals surface area (Å²) < 4.78 is 11.5. The lowest BCUT2D eigenvalue weighted by atomic mass is 9.78. The summed E-state index contributed by atoms with van der Waals surface area (Å²) in [5.74, 6) is -0.402. The second-order valence-electron chi connectivity index (χ2n) is 11.0. The van der Waals surface area contributed by atoms with Gasteiger partial charge < -0.3 is 14.4 Å². The van der Waals surface area contributed by atoms with Crippen LogP contribution in [-0.2, 0) is 19.7 Å². The van der Waals surface area contributed by atoms with Crippen molar-refractivity contribution in [2.75, 3.05) is 11.4 Å². The first-order valence-electron chi connectivity index (χ1n) is 13.9. The van der Waals surface area contributed by atoms with Gasteiger partial charge in [0.2, 0.25) is 11.7 Å². The standard InChI is InChI=1S/C35H32ClNO5/c1-23(33(39)24-9-13-28(36)14-10-24)41-34(40)25-21-32(38)37(22-25)29-15-19-31(20-16-29)42-30-17-11-27(12-18-30)35(2,3)26-7-5-4-6-8-26/h4-20,23,25H,21-22H2,1-3H3/t23-,25-/m0/s1. The van der Waals surface area contributed by atoms with Gasteiger partial charge in [-0.25, -0.2) is 0 Å². The number of hydrogen-bond donors (Lipinski definition) is 0. The van der Waals surface area contributed by atoms with Gasteiger partial charge in [0.05, 0.1) is 5.92 Å². The minimum Gasteiger partial charge on any atom is -0.457 e. The van der Waals surface area contributed by atoms with Crippen LogP contribution in [0.3, 0.4) is 0 Å². The summed E-state index contributed by atoms with van der Waals surface area (Å²) in [6.07, 6.45) is -0.956. The van der Waals surface area contributed by atoms with Crippen molar-refractivity contribution in [2.45, 2.75) is 38.7 Å². The van der Waals surface area contributed by atoms with Crippen LogP contribution in [0.15, 0.2) is 103 Å². The van der Waals surface area contributed by atoms with Crippen molar-refractivity contribution in [1.29, 1.82) is 0 Å². The van der Waals surface area contributed by atoms with E-state index < -0.39 is 18.0 Å². The van der Waals surface area contributed by atoms with Crippen LogP contribution in [0.4, 0.5) is 5.69 Å². The Morgan fingerprint density at radius 2 is 1.40 bits per heavy atom. The molecule has 1 fully saturated rings. The van der Waals surface area contributed by atoms with Gasteiger partial charge in [0.25, 0.3) is 0 Å². The van der Waals surface area contributed by atoms with Gasteiger partial charge in [-0.2, -0.15) is 0 Å². The second-order valence-corrected chi connectivity index (χ2v) is 11.4. The van der Waals surface area contributed by atoms with E-state index in [4.69, 9.17) is 21.1 Å². The molecule has 0 spiro atoms. The predicted octanol–water partition coefficient (Wildman–Crippen LogP) is 7.63. The highest BCUT2D eigenvalue weighted by atomic mass is 35.5. The predicted molar refractivity (Wildman–Crippen MR) is 163 cm³/mol. The van der Waals surface area contributed by atoms with Crippen LogP contribution >= 0.6 is 11.6 Å². The molecule has 1 aliphatic rings. The van der Waals surface area contributed by atoms with Crippen molar-refractivity contribution in [3.05, 3.63) is 125 Å². The van der Waals surface area contributed by atoms with Gasteiger partial charge in [-0.1, -0.05) is 67.9 Å². The number of anilines is 1. The quantitative estimate of drug-likeness (QED) is 0.150. The van der Waals surface area contributed by atoms with E-state index in [1.165, 1.54) is 18.1 Å². The first-order valence-corrected chi connectivity index (χ1v) is 14.2. The maximum Gasteiger partial charge on any atom is 0.312 e. The molecule has 214 valence electrons. The largest absolute Gasteiger partial charge is 0.457 e. The number of carbonyl (C=O) groups is 3. The molecular formula is C35H32ClNO5. The number of carbonyl (C=O) groups excluding carboxylic acids is 3. The van der Waals surface area contributed by atoms with Crippen LogP contribution in [0.1, 0.15) is 48.7 Å². The molecule has 4 aromatic carbocycles. The average molecular weight is 582 g/mol. The lowest BCUT2D eigenvalue weighted by molar-refractivity contribution is -0.151. The molecule has 1 saturated heterocycles. The molecule has 2 atom stereocenters. The van der Waals surface area contributed by atoms with E-state index in [0.717, 1.165) is 0 Å². The van der Waals surface area contributed by atoms with Crippen LogP contribution in [0.25, 0.3) is 0 Å². The number of amides is 1. The van der Waals surface area contributed by atoms with Gasteiger partial charge in [-0.05, 0) is 78.7 Å². The Hall–Kier alpha value is -4.42. The minimum atomic E-state index is -0.974. The highest BCUT2D eigenvalue weighted by molar-refractivity contribution is 6.30. The zero-order chi connectivity index (χ0) is 29.9. The summed E-state index contributed by atoms with van der Waals surface area (Å²) in [6.45, 7) is 6.10. The number of rotatable bonds is 9. The zero-order valence-electron chi connectivity index (χ0n) is 23.8. The van der Waals surface area contributed by atoms with E-state index in [2.05, 4.69) is 38.1 Å². The van der Waals surface area contributed by atoms with Gasteiger partial charge >= 0.3 is 5.97 Å². The lowest BCUT2D eigenvalue weighted by Crippen LogP contribution is -2.30. The third-order valence-corrected chi connectivity index (χ3v) is 7.96. The molecule has 0 aromatic heterocycles. The van der Waals surface area contributed by atoms with E-state index >= 15 is 0 Å². The number of benzene rings is 4. The number of nitrogens with zero attached hydrogens (tertiary/aromatic N) is 1. The summed E-state index contributed by atoms with van der Waals surface area (Å²) in [5.41, 5.74) is 3.34. The Morgan fingerprint density at radius 3 is 2.02 bits per heavy atom. The van der Waals surface area contributed by atoms with Crippen molar-refractivity contribution in [2.24, 2.45) is 5.92 Å². The molecule has 1 heterocycles. The first-order chi connectivity index (χ1) is 20.1. The lowest BCUT2D eigenvalue weighted by Gasteiger charge is -2.26. The summed E-state index contributed by atoms with van der Waals surface area (Å²) in [5, 5.41) is 0.512. The summed E-state index contributed by atoms with van der Waals surface area (Å²) in [4.78, 5) is 39.7. The van der Waals surface area contributed by atoms with Crippen molar-refractivity contribution in [1.82, 2.24) is 0 Å². The topological polar surface area (TPSA) is 72.9 Å². The Kier molecular flexibility index (Phi) is 8.46. The van der Waals surface area contributed by atoms with Crippen LogP contribution in [0.2, 0.25) is 5.02 Å². The Balaban J connectivity index is 1.17. The number of ether oxygens (including phenoxy) is 2. The number of hydrogen-bond acceptors (Lipinski definition) is 5.